The zero-order valence-electron chi connectivity index (χ0n) is 20.9. The molecule has 3 amide bonds. The van der Waals surface area contributed by atoms with Crippen LogP contribution in [0.15, 0.2) is 18.2 Å². The number of para-hydroxylation sites is 1. The Bertz CT molecular complexity index is 860. The van der Waals surface area contributed by atoms with Crippen LogP contribution in [0, 0.1) is 6.92 Å². The van der Waals surface area contributed by atoms with Gasteiger partial charge < -0.3 is 25.4 Å². The fourth-order valence-corrected chi connectivity index (χ4v) is 3.79. The molecule has 0 aliphatic heterocycles. The number of nitrogens with one attached hydrogen (secondary N) is 2. The molecule has 184 valence electrons. The lowest BCUT2D eigenvalue weighted by molar-refractivity contribution is -0.143. The molecule has 0 saturated heterocycles. The lowest BCUT2D eigenvalue weighted by atomic mass is 9.98. The highest BCUT2D eigenvalue weighted by molar-refractivity contribution is 5.93. The van der Waals surface area contributed by atoms with E-state index >= 15 is 0 Å². The number of aromatic hydroxyl groups is 1. The van der Waals surface area contributed by atoms with Crippen molar-refractivity contribution in [2.75, 3.05) is 0 Å². The minimum Gasteiger partial charge on any atom is -0.507 e. The number of rotatable bonds is 9. The number of phenols is 1. The number of alkyl carbamates (subject to hydrolysis) is 1. The molecule has 1 aliphatic rings. The van der Waals surface area contributed by atoms with Gasteiger partial charge in [-0.25, -0.2) is 4.79 Å². The van der Waals surface area contributed by atoms with E-state index in [-0.39, 0.29) is 23.7 Å². The molecule has 0 heterocycles. The van der Waals surface area contributed by atoms with Gasteiger partial charge in [0.15, 0.2) is 0 Å². The minimum absolute atomic E-state index is 0.00741. The number of ether oxygens (including phenoxy) is 1. The van der Waals surface area contributed by atoms with E-state index in [2.05, 4.69) is 10.6 Å². The van der Waals surface area contributed by atoms with Gasteiger partial charge in [0, 0.05) is 17.6 Å². The van der Waals surface area contributed by atoms with Gasteiger partial charge in [0.25, 0.3) is 0 Å². The van der Waals surface area contributed by atoms with Crippen molar-refractivity contribution in [3.63, 3.8) is 0 Å². The summed E-state index contributed by atoms with van der Waals surface area (Å²) in [6.07, 6.45) is 2.52. The quantitative estimate of drug-likeness (QED) is 0.516. The van der Waals surface area contributed by atoms with E-state index in [4.69, 9.17) is 4.74 Å². The van der Waals surface area contributed by atoms with Gasteiger partial charge in [-0.1, -0.05) is 31.5 Å². The van der Waals surface area contributed by atoms with Crippen molar-refractivity contribution < 1.29 is 24.2 Å². The molecule has 0 spiro atoms. The Kier molecular flexibility index (Phi) is 8.75. The average Bonchev–Trinajstić information content (AvgIpc) is 3.51. The van der Waals surface area contributed by atoms with Gasteiger partial charge >= 0.3 is 6.09 Å². The molecule has 1 aromatic rings. The molecule has 2 rings (SSSR count). The van der Waals surface area contributed by atoms with Crippen molar-refractivity contribution in [1.29, 1.82) is 0 Å². The van der Waals surface area contributed by atoms with Crippen LogP contribution in [0.4, 0.5) is 4.79 Å². The van der Waals surface area contributed by atoms with E-state index < -0.39 is 29.7 Å². The van der Waals surface area contributed by atoms with Gasteiger partial charge in [-0.3, -0.25) is 9.59 Å². The summed E-state index contributed by atoms with van der Waals surface area (Å²) in [5.74, 6) is -0.749. The molecule has 33 heavy (non-hydrogen) atoms. The lowest BCUT2D eigenvalue weighted by Crippen LogP contribution is -2.53. The molecule has 0 aromatic heterocycles. The number of nitrogens with zero attached hydrogens (tertiary/aromatic N) is 1. The fourth-order valence-electron chi connectivity index (χ4n) is 3.79. The van der Waals surface area contributed by atoms with E-state index in [0.717, 1.165) is 25.7 Å². The maximum atomic E-state index is 13.5. The number of aryl methyl sites for hydroxylation is 1. The summed E-state index contributed by atoms with van der Waals surface area (Å²) in [5.41, 5.74) is 0.296. The second-order valence-electron chi connectivity index (χ2n) is 9.96. The van der Waals surface area contributed by atoms with E-state index in [1.165, 1.54) is 4.90 Å². The van der Waals surface area contributed by atoms with E-state index in [1.807, 2.05) is 13.8 Å². The molecule has 3 unspecified atom stereocenters. The van der Waals surface area contributed by atoms with Crippen molar-refractivity contribution >= 4 is 17.9 Å². The zero-order chi connectivity index (χ0) is 24.9. The van der Waals surface area contributed by atoms with Crippen LogP contribution in [0.1, 0.15) is 84.4 Å². The first-order chi connectivity index (χ1) is 15.4. The summed E-state index contributed by atoms with van der Waals surface area (Å²) in [7, 11) is 0. The SMILES string of the molecule is CCCC(C)NC(=O)C(c1cccc(C)c1O)N(C(=O)C(C)NC(=O)OC(C)(C)C)C1CC1. The van der Waals surface area contributed by atoms with Gasteiger partial charge in [-0.15, -0.1) is 0 Å². The molecule has 1 aliphatic carbocycles. The summed E-state index contributed by atoms with van der Waals surface area (Å²) in [6, 6.07) is 3.05. The molecular formula is C25H39N3O5. The van der Waals surface area contributed by atoms with Crippen LogP contribution in [0.5, 0.6) is 5.75 Å². The number of phenolic OH excluding ortho intramolecular Hbond substituents is 1. The number of hydrogen-bond donors (Lipinski definition) is 3. The maximum absolute atomic E-state index is 13.5. The Morgan fingerprint density at radius 2 is 1.82 bits per heavy atom. The summed E-state index contributed by atoms with van der Waals surface area (Å²) in [4.78, 5) is 40.8. The Morgan fingerprint density at radius 3 is 2.36 bits per heavy atom. The molecular weight excluding hydrogens is 422 g/mol. The second-order valence-corrected chi connectivity index (χ2v) is 9.96. The summed E-state index contributed by atoms with van der Waals surface area (Å²) >= 11 is 0. The van der Waals surface area contributed by atoms with Gasteiger partial charge in [0.2, 0.25) is 11.8 Å². The van der Waals surface area contributed by atoms with Crippen LogP contribution in [-0.2, 0) is 14.3 Å². The summed E-state index contributed by atoms with van der Waals surface area (Å²) in [5, 5.41) is 16.4. The van der Waals surface area contributed by atoms with E-state index in [1.54, 1.807) is 52.8 Å². The fraction of sp³-hybridized carbons (Fsp3) is 0.640. The van der Waals surface area contributed by atoms with Crippen molar-refractivity contribution in [1.82, 2.24) is 15.5 Å². The van der Waals surface area contributed by atoms with Crippen molar-refractivity contribution in [2.24, 2.45) is 0 Å². The van der Waals surface area contributed by atoms with E-state index in [0.29, 0.717) is 11.1 Å². The minimum atomic E-state index is -1.01. The van der Waals surface area contributed by atoms with Crippen molar-refractivity contribution in [2.45, 2.75) is 104 Å². The topological polar surface area (TPSA) is 108 Å². The molecule has 1 saturated carbocycles. The standard InChI is InChI=1S/C25H39N3O5/c1-8-10-16(3)26-22(30)20(19-12-9-11-15(2)21(19)29)28(18-13-14-18)23(31)17(4)27-24(32)33-25(5,6)7/h9,11-12,16-18,20,29H,8,10,13-14H2,1-7H3,(H,26,30)(H,27,32). The van der Waals surface area contributed by atoms with Crippen LogP contribution in [0.2, 0.25) is 0 Å². The highest BCUT2D eigenvalue weighted by Gasteiger charge is 2.44. The smallest absolute Gasteiger partial charge is 0.408 e. The Labute approximate surface area is 197 Å². The van der Waals surface area contributed by atoms with Crippen LogP contribution in [0.25, 0.3) is 0 Å². The molecule has 3 atom stereocenters. The van der Waals surface area contributed by atoms with Crippen molar-refractivity contribution in [3.05, 3.63) is 29.3 Å². The first kappa shape index (κ1) is 26.5. The first-order valence-corrected chi connectivity index (χ1v) is 11.8. The first-order valence-electron chi connectivity index (χ1n) is 11.8. The molecule has 1 fully saturated rings. The van der Waals surface area contributed by atoms with E-state index in [9.17, 15) is 19.5 Å². The number of hydrogen-bond acceptors (Lipinski definition) is 5. The number of benzene rings is 1. The van der Waals surface area contributed by atoms with Gasteiger partial charge in [-0.05, 0) is 66.4 Å². The largest absolute Gasteiger partial charge is 0.507 e. The molecule has 8 nitrogen and oxygen atoms in total. The highest BCUT2D eigenvalue weighted by Crippen LogP contribution is 2.39. The third kappa shape index (κ3) is 7.37. The summed E-state index contributed by atoms with van der Waals surface area (Å²) in [6.45, 7) is 12.5. The Morgan fingerprint density at radius 1 is 1.18 bits per heavy atom. The molecule has 8 heteroatoms. The third-order valence-corrected chi connectivity index (χ3v) is 5.50. The number of amides is 3. The highest BCUT2D eigenvalue weighted by atomic mass is 16.6. The number of carbonyl (C=O) groups is 3. The van der Waals surface area contributed by atoms with Gasteiger partial charge in [-0.2, -0.15) is 0 Å². The van der Waals surface area contributed by atoms with Crippen LogP contribution >= 0.6 is 0 Å². The van der Waals surface area contributed by atoms with Crippen molar-refractivity contribution in [3.8, 4) is 5.75 Å². The normalized spacial score (nSPS) is 16.3. The van der Waals surface area contributed by atoms with Gasteiger partial charge in [0.1, 0.15) is 23.4 Å². The molecule has 3 N–H and O–H groups in total. The second kappa shape index (κ2) is 10.9. The van der Waals surface area contributed by atoms with Gasteiger partial charge in [0.05, 0.1) is 0 Å². The molecule has 0 bridgehead atoms. The lowest BCUT2D eigenvalue weighted by Gasteiger charge is -2.34. The summed E-state index contributed by atoms with van der Waals surface area (Å²) < 4.78 is 5.28. The molecule has 0 radical (unpaired) electrons. The zero-order valence-corrected chi connectivity index (χ0v) is 20.9. The Balaban J connectivity index is 2.38. The maximum Gasteiger partial charge on any atom is 0.408 e. The predicted molar refractivity (Wildman–Crippen MR) is 127 cm³/mol. The van der Waals surface area contributed by atoms with Crippen LogP contribution < -0.4 is 10.6 Å². The van der Waals surface area contributed by atoms with Crippen LogP contribution in [0.3, 0.4) is 0 Å². The molecule has 1 aromatic carbocycles. The van der Waals surface area contributed by atoms with Crippen LogP contribution in [-0.4, -0.2) is 51.6 Å². The Hall–Kier alpha value is -2.77. The average molecular weight is 462 g/mol. The number of carbonyl (C=O) groups excluding carboxylic acids is 3. The monoisotopic (exact) mass is 461 g/mol. The predicted octanol–water partition coefficient (Wildman–Crippen LogP) is 3.95. The third-order valence-electron chi connectivity index (χ3n) is 5.50.